The van der Waals surface area contributed by atoms with Crippen LogP contribution in [-0.4, -0.2) is 23.7 Å². The van der Waals surface area contributed by atoms with Crippen LogP contribution in [0.2, 0.25) is 0 Å². The number of unbranched alkanes of at least 4 members (excludes halogenated alkanes) is 1. The van der Waals surface area contributed by atoms with E-state index in [4.69, 9.17) is 4.98 Å². The van der Waals surface area contributed by atoms with Crippen LogP contribution in [0.25, 0.3) is 11.3 Å². The van der Waals surface area contributed by atoms with Gasteiger partial charge in [-0.05, 0) is 25.3 Å². The molecule has 0 unspecified atom stereocenters. The van der Waals surface area contributed by atoms with Gasteiger partial charge in [-0.3, -0.25) is 4.72 Å². The number of rotatable bonds is 6. The summed E-state index contributed by atoms with van der Waals surface area (Å²) in [7, 11) is -3.31. The molecular formula is C17H23N3O2S. The minimum absolute atomic E-state index is 0.150. The molecule has 0 saturated heterocycles. The molecule has 3 rings (SSSR count). The molecule has 2 aromatic rings. The van der Waals surface area contributed by atoms with E-state index in [1.165, 1.54) is 12.8 Å². The van der Waals surface area contributed by atoms with E-state index in [1.807, 2.05) is 31.3 Å². The van der Waals surface area contributed by atoms with Gasteiger partial charge in [0.15, 0.2) is 0 Å². The third kappa shape index (κ3) is 3.75. The zero-order chi connectivity index (χ0) is 16.3. The van der Waals surface area contributed by atoms with Gasteiger partial charge in [0.25, 0.3) is 0 Å². The molecule has 1 aromatic heterocycles. The van der Waals surface area contributed by atoms with E-state index in [0.29, 0.717) is 12.1 Å². The zero-order valence-electron chi connectivity index (χ0n) is 13.5. The van der Waals surface area contributed by atoms with Gasteiger partial charge in [-0.15, -0.1) is 0 Å². The molecule has 1 aliphatic rings. The van der Waals surface area contributed by atoms with Crippen molar-refractivity contribution in [1.29, 1.82) is 0 Å². The second-order valence-electron chi connectivity index (χ2n) is 6.01. The molecule has 0 atom stereocenters. The molecule has 6 heteroatoms. The molecule has 1 aromatic carbocycles. The van der Waals surface area contributed by atoms with E-state index < -0.39 is 10.0 Å². The van der Waals surface area contributed by atoms with E-state index >= 15 is 0 Å². The smallest absolute Gasteiger partial charge is 0.232 e. The summed E-state index contributed by atoms with van der Waals surface area (Å²) in [6, 6.07) is 7.48. The summed E-state index contributed by atoms with van der Waals surface area (Å²) in [6.07, 6.45) is 6.89. The van der Waals surface area contributed by atoms with Crippen LogP contribution in [0.15, 0.2) is 30.5 Å². The summed E-state index contributed by atoms with van der Waals surface area (Å²) in [5.74, 6) is 1.24. The third-order valence-electron chi connectivity index (χ3n) is 4.14. The lowest BCUT2D eigenvalue weighted by Crippen LogP contribution is -2.17. The number of sulfonamides is 1. The van der Waals surface area contributed by atoms with E-state index in [2.05, 4.69) is 9.29 Å². The highest BCUT2D eigenvalue weighted by Crippen LogP contribution is 2.29. The SMILES string of the molecule is CCCCS(=O)(=O)Nc1ccccc1-c1cn2c(n1)CCCC2. The van der Waals surface area contributed by atoms with Gasteiger partial charge in [0, 0.05) is 24.7 Å². The Balaban J connectivity index is 1.90. The number of para-hydroxylation sites is 1. The van der Waals surface area contributed by atoms with Crippen LogP contribution >= 0.6 is 0 Å². The molecule has 0 saturated carbocycles. The number of anilines is 1. The topological polar surface area (TPSA) is 64.0 Å². The van der Waals surface area contributed by atoms with E-state index in [1.54, 1.807) is 6.07 Å². The number of imidazole rings is 1. The molecule has 2 heterocycles. The fourth-order valence-electron chi connectivity index (χ4n) is 2.89. The number of nitrogens with zero attached hydrogens (tertiary/aromatic N) is 2. The van der Waals surface area contributed by atoms with Crippen LogP contribution < -0.4 is 4.72 Å². The van der Waals surface area contributed by atoms with Crippen molar-refractivity contribution < 1.29 is 8.42 Å². The van der Waals surface area contributed by atoms with Crippen molar-refractivity contribution >= 4 is 15.7 Å². The van der Waals surface area contributed by atoms with Gasteiger partial charge >= 0.3 is 0 Å². The number of aryl methyl sites for hydroxylation is 2. The van der Waals surface area contributed by atoms with Crippen LogP contribution in [0.1, 0.15) is 38.4 Å². The first kappa shape index (κ1) is 16.1. The molecular weight excluding hydrogens is 310 g/mol. The Hall–Kier alpha value is -1.82. The largest absolute Gasteiger partial charge is 0.334 e. The highest BCUT2D eigenvalue weighted by molar-refractivity contribution is 7.92. The Morgan fingerprint density at radius 3 is 2.87 bits per heavy atom. The van der Waals surface area contributed by atoms with Gasteiger partial charge < -0.3 is 4.57 Å². The molecule has 1 N–H and O–H groups in total. The molecule has 0 bridgehead atoms. The van der Waals surface area contributed by atoms with Gasteiger partial charge in [0.2, 0.25) is 10.0 Å². The molecule has 0 spiro atoms. The first-order valence-corrected chi connectivity index (χ1v) is 9.90. The summed E-state index contributed by atoms with van der Waals surface area (Å²) >= 11 is 0. The average Bonchev–Trinajstić information content (AvgIpc) is 2.97. The van der Waals surface area contributed by atoms with Gasteiger partial charge in [0.05, 0.1) is 17.1 Å². The number of hydrogen-bond acceptors (Lipinski definition) is 3. The Kier molecular flexibility index (Phi) is 4.71. The first-order chi connectivity index (χ1) is 11.1. The highest BCUT2D eigenvalue weighted by Gasteiger charge is 2.17. The van der Waals surface area contributed by atoms with Crippen molar-refractivity contribution in [3.8, 4) is 11.3 Å². The van der Waals surface area contributed by atoms with Gasteiger partial charge in [-0.2, -0.15) is 0 Å². The molecule has 1 aliphatic heterocycles. The standard InChI is InChI=1S/C17H23N3O2S/c1-2-3-12-23(21,22)19-15-9-5-4-8-14(15)16-13-20-11-7-6-10-17(20)18-16/h4-5,8-9,13,19H,2-3,6-7,10-12H2,1H3. The second kappa shape index (κ2) is 6.74. The summed E-state index contributed by atoms with van der Waals surface area (Å²) in [6.45, 7) is 2.98. The van der Waals surface area contributed by atoms with Crippen molar-refractivity contribution in [2.75, 3.05) is 10.5 Å². The normalized spacial score (nSPS) is 14.5. The lowest BCUT2D eigenvalue weighted by molar-refractivity contribution is 0.522. The van der Waals surface area contributed by atoms with E-state index in [9.17, 15) is 8.42 Å². The maximum absolute atomic E-state index is 12.2. The fourth-order valence-corrected chi connectivity index (χ4v) is 4.17. The number of aromatic nitrogens is 2. The highest BCUT2D eigenvalue weighted by atomic mass is 32.2. The maximum atomic E-state index is 12.2. The molecule has 23 heavy (non-hydrogen) atoms. The van der Waals surface area contributed by atoms with Crippen LogP contribution in [0.4, 0.5) is 5.69 Å². The predicted molar refractivity (Wildman–Crippen MR) is 92.9 cm³/mol. The van der Waals surface area contributed by atoms with Crippen LogP contribution in [0.5, 0.6) is 0 Å². The predicted octanol–water partition coefficient (Wildman–Crippen LogP) is 3.43. The third-order valence-corrected chi connectivity index (χ3v) is 5.50. The van der Waals surface area contributed by atoms with E-state index in [0.717, 1.165) is 36.5 Å². The van der Waals surface area contributed by atoms with Crippen LogP contribution in [-0.2, 0) is 23.0 Å². The Morgan fingerprint density at radius 1 is 1.26 bits per heavy atom. The fraction of sp³-hybridized carbons (Fsp3) is 0.471. The Labute approximate surface area is 137 Å². The zero-order valence-corrected chi connectivity index (χ0v) is 14.3. The van der Waals surface area contributed by atoms with Crippen LogP contribution in [0, 0.1) is 0 Å². The molecule has 5 nitrogen and oxygen atoms in total. The summed E-state index contributed by atoms with van der Waals surface area (Å²) in [4.78, 5) is 4.70. The Morgan fingerprint density at radius 2 is 2.09 bits per heavy atom. The molecule has 0 aliphatic carbocycles. The second-order valence-corrected chi connectivity index (χ2v) is 7.85. The van der Waals surface area contributed by atoms with Gasteiger partial charge in [-0.25, -0.2) is 13.4 Å². The van der Waals surface area contributed by atoms with Crippen molar-refractivity contribution in [1.82, 2.24) is 9.55 Å². The lowest BCUT2D eigenvalue weighted by atomic mass is 10.1. The number of fused-ring (bicyclic) bond motifs is 1. The maximum Gasteiger partial charge on any atom is 0.232 e. The first-order valence-electron chi connectivity index (χ1n) is 8.25. The van der Waals surface area contributed by atoms with Crippen molar-refractivity contribution in [2.45, 2.75) is 45.6 Å². The molecule has 0 amide bonds. The van der Waals surface area contributed by atoms with Crippen molar-refractivity contribution in [2.24, 2.45) is 0 Å². The summed E-state index contributed by atoms with van der Waals surface area (Å²) in [5.41, 5.74) is 2.30. The summed E-state index contributed by atoms with van der Waals surface area (Å²) < 4.78 is 29.3. The van der Waals surface area contributed by atoms with Crippen LogP contribution in [0.3, 0.4) is 0 Å². The monoisotopic (exact) mass is 333 g/mol. The number of hydrogen-bond donors (Lipinski definition) is 1. The minimum Gasteiger partial charge on any atom is -0.334 e. The molecule has 0 fully saturated rings. The average molecular weight is 333 g/mol. The summed E-state index contributed by atoms with van der Waals surface area (Å²) in [5, 5.41) is 0. The minimum atomic E-state index is -3.31. The van der Waals surface area contributed by atoms with E-state index in [-0.39, 0.29) is 5.75 Å². The quantitative estimate of drug-likeness (QED) is 0.881. The molecule has 124 valence electrons. The number of nitrogens with one attached hydrogen (secondary N) is 1. The molecule has 0 radical (unpaired) electrons. The lowest BCUT2D eigenvalue weighted by Gasteiger charge is -2.11. The van der Waals surface area contributed by atoms with Crippen molar-refractivity contribution in [3.05, 3.63) is 36.3 Å². The van der Waals surface area contributed by atoms with Gasteiger partial charge in [0.1, 0.15) is 5.82 Å². The Bertz CT molecular complexity index is 757. The van der Waals surface area contributed by atoms with Crippen molar-refractivity contribution in [3.63, 3.8) is 0 Å². The van der Waals surface area contributed by atoms with Gasteiger partial charge in [-0.1, -0.05) is 31.5 Å². The number of benzene rings is 1.